The molecule has 2 nitrogen and oxygen atoms in total. The van der Waals surface area contributed by atoms with Gasteiger partial charge in [-0.1, -0.05) is 34.1 Å². The molecule has 0 fully saturated rings. The summed E-state index contributed by atoms with van der Waals surface area (Å²) in [5.74, 6) is -1.88. The van der Waals surface area contributed by atoms with E-state index in [1.165, 1.54) is 12.1 Å². The Bertz CT molecular complexity index is 621. The topological polar surface area (TPSA) is 32.3 Å². The Hall–Kier alpha value is -1.46. The van der Waals surface area contributed by atoms with Gasteiger partial charge in [-0.15, -0.1) is 0 Å². The van der Waals surface area contributed by atoms with Gasteiger partial charge in [0.1, 0.15) is 0 Å². The van der Waals surface area contributed by atoms with Crippen LogP contribution in [0.3, 0.4) is 0 Å². The molecule has 2 N–H and O–H groups in total. The molecule has 0 aliphatic heterocycles. The number of anilines is 1. The maximum absolute atomic E-state index is 13.9. The summed E-state index contributed by atoms with van der Waals surface area (Å²) in [6.45, 7) is 1.24. The Morgan fingerprint density at radius 2 is 1.90 bits per heavy atom. The number of hydrogen-bond donors (Lipinski definition) is 2. The summed E-state index contributed by atoms with van der Waals surface area (Å²) >= 11 is 3.34. The molecule has 0 saturated heterocycles. The summed E-state index contributed by atoms with van der Waals surface area (Å²) < 4.78 is 28.1. The number of nitrogens with one attached hydrogen (secondary N) is 1. The Kier molecular flexibility index (Phi) is 4.40. The lowest BCUT2D eigenvalue weighted by Gasteiger charge is -2.31. The van der Waals surface area contributed by atoms with Crippen molar-refractivity contribution in [3.05, 3.63) is 64.1 Å². The summed E-state index contributed by atoms with van der Waals surface area (Å²) in [5, 5.41) is 12.7. The summed E-state index contributed by atoms with van der Waals surface area (Å²) in [4.78, 5) is 0. The molecule has 2 rings (SSSR count). The minimum Gasteiger partial charge on any atom is -0.394 e. The van der Waals surface area contributed by atoms with E-state index in [1.54, 1.807) is 19.1 Å². The highest BCUT2D eigenvalue weighted by Gasteiger charge is 2.30. The normalized spacial score (nSPS) is 13.8. The molecule has 0 radical (unpaired) electrons. The third-order valence-electron chi connectivity index (χ3n) is 3.11. The fraction of sp³-hybridized carbons (Fsp3) is 0.200. The lowest BCUT2D eigenvalue weighted by atomic mass is 9.91. The number of rotatable bonds is 4. The van der Waals surface area contributed by atoms with Gasteiger partial charge in [-0.25, -0.2) is 8.78 Å². The zero-order valence-electron chi connectivity index (χ0n) is 10.8. The minimum atomic E-state index is -1.12. The molecule has 2 aromatic carbocycles. The van der Waals surface area contributed by atoms with Gasteiger partial charge in [0, 0.05) is 15.7 Å². The molecule has 0 spiro atoms. The van der Waals surface area contributed by atoms with Crippen LogP contribution in [0.2, 0.25) is 0 Å². The van der Waals surface area contributed by atoms with Gasteiger partial charge in [0.25, 0.3) is 0 Å². The van der Waals surface area contributed by atoms with E-state index in [-0.39, 0.29) is 12.2 Å². The van der Waals surface area contributed by atoms with E-state index in [2.05, 4.69) is 21.2 Å². The van der Waals surface area contributed by atoms with E-state index < -0.39 is 17.2 Å². The van der Waals surface area contributed by atoms with Gasteiger partial charge in [-0.05, 0) is 31.2 Å². The van der Waals surface area contributed by atoms with E-state index in [4.69, 9.17) is 0 Å². The van der Waals surface area contributed by atoms with Crippen LogP contribution in [-0.4, -0.2) is 11.7 Å². The van der Waals surface area contributed by atoms with Crippen LogP contribution in [0.25, 0.3) is 0 Å². The Labute approximate surface area is 124 Å². The van der Waals surface area contributed by atoms with Gasteiger partial charge in [-0.3, -0.25) is 0 Å². The van der Waals surface area contributed by atoms with Crippen molar-refractivity contribution in [3.63, 3.8) is 0 Å². The number of benzene rings is 2. The third-order valence-corrected chi connectivity index (χ3v) is 3.60. The molecule has 20 heavy (non-hydrogen) atoms. The van der Waals surface area contributed by atoms with Crippen LogP contribution in [0.15, 0.2) is 46.9 Å². The highest BCUT2D eigenvalue weighted by Crippen LogP contribution is 2.29. The van der Waals surface area contributed by atoms with Gasteiger partial charge in [-0.2, -0.15) is 0 Å². The van der Waals surface area contributed by atoms with Crippen molar-refractivity contribution in [2.45, 2.75) is 12.5 Å². The summed E-state index contributed by atoms with van der Waals surface area (Å²) in [6, 6.07) is 11.2. The van der Waals surface area contributed by atoms with Gasteiger partial charge < -0.3 is 10.4 Å². The minimum absolute atomic E-state index is 0.0833. The standard InChI is InChI=1S/C15H14BrF2NO/c1-15(9-20,12-6-3-7-13(17)14(12)18)19-11-5-2-4-10(16)8-11/h2-8,19-20H,9H2,1H3. The largest absolute Gasteiger partial charge is 0.394 e. The predicted octanol–water partition coefficient (Wildman–Crippen LogP) is 4.05. The molecule has 2 aromatic rings. The van der Waals surface area contributed by atoms with Crippen molar-refractivity contribution < 1.29 is 13.9 Å². The summed E-state index contributed by atoms with van der Waals surface area (Å²) in [5.41, 5.74) is -0.341. The van der Waals surface area contributed by atoms with Gasteiger partial charge >= 0.3 is 0 Å². The lowest BCUT2D eigenvalue weighted by Crippen LogP contribution is -2.37. The van der Waals surface area contributed by atoms with Gasteiger partial charge in [0.2, 0.25) is 0 Å². The maximum Gasteiger partial charge on any atom is 0.164 e. The first-order valence-corrected chi connectivity index (χ1v) is 6.85. The number of halogens is 3. The first kappa shape index (κ1) is 14.9. The van der Waals surface area contributed by atoms with Gasteiger partial charge in [0.15, 0.2) is 11.6 Å². The summed E-state index contributed by atoms with van der Waals surface area (Å²) in [6.07, 6.45) is 0. The molecule has 5 heteroatoms. The first-order chi connectivity index (χ1) is 9.46. The van der Waals surface area contributed by atoms with Gasteiger partial charge in [0.05, 0.1) is 12.1 Å². The number of aliphatic hydroxyl groups is 1. The zero-order chi connectivity index (χ0) is 14.8. The second-order valence-corrected chi connectivity index (χ2v) is 5.64. The molecule has 0 saturated carbocycles. The smallest absolute Gasteiger partial charge is 0.164 e. The number of aliphatic hydroxyl groups excluding tert-OH is 1. The highest BCUT2D eigenvalue weighted by molar-refractivity contribution is 9.10. The Morgan fingerprint density at radius 1 is 1.20 bits per heavy atom. The molecular weight excluding hydrogens is 328 g/mol. The number of hydrogen-bond acceptors (Lipinski definition) is 2. The van der Waals surface area contributed by atoms with E-state index >= 15 is 0 Å². The molecule has 0 aliphatic carbocycles. The molecule has 0 aromatic heterocycles. The Morgan fingerprint density at radius 3 is 2.55 bits per heavy atom. The maximum atomic E-state index is 13.9. The molecule has 1 unspecified atom stereocenters. The van der Waals surface area contributed by atoms with Crippen molar-refractivity contribution in [2.75, 3.05) is 11.9 Å². The molecule has 0 amide bonds. The lowest BCUT2D eigenvalue weighted by molar-refractivity contribution is 0.219. The molecule has 106 valence electrons. The first-order valence-electron chi connectivity index (χ1n) is 6.05. The molecule has 0 aliphatic rings. The van der Waals surface area contributed by atoms with Crippen LogP contribution in [0.5, 0.6) is 0 Å². The quantitative estimate of drug-likeness (QED) is 0.879. The average Bonchev–Trinajstić information content (AvgIpc) is 2.41. The van der Waals surface area contributed by atoms with E-state index in [0.717, 1.165) is 10.5 Å². The highest BCUT2D eigenvalue weighted by atomic mass is 79.9. The van der Waals surface area contributed by atoms with E-state index in [1.807, 2.05) is 12.1 Å². The van der Waals surface area contributed by atoms with Crippen LogP contribution in [0.1, 0.15) is 12.5 Å². The zero-order valence-corrected chi connectivity index (χ0v) is 12.4. The van der Waals surface area contributed by atoms with Crippen molar-refractivity contribution in [2.24, 2.45) is 0 Å². The second-order valence-electron chi connectivity index (χ2n) is 4.73. The molecule has 1 atom stereocenters. The van der Waals surface area contributed by atoms with Crippen molar-refractivity contribution in [3.8, 4) is 0 Å². The summed E-state index contributed by atoms with van der Waals surface area (Å²) in [7, 11) is 0. The molecule has 0 bridgehead atoms. The van der Waals surface area contributed by atoms with Crippen LogP contribution in [0.4, 0.5) is 14.5 Å². The van der Waals surface area contributed by atoms with Crippen molar-refractivity contribution >= 4 is 21.6 Å². The molecular formula is C15H14BrF2NO. The molecule has 0 heterocycles. The van der Waals surface area contributed by atoms with Crippen LogP contribution >= 0.6 is 15.9 Å². The van der Waals surface area contributed by atoms with Crippen molar-refractivity contribution in [1.82, 2.24) is 0 Å². The van der Waals surface area contributed by atoms with Crippen molar-refractivity contribution in [1.29, 1.82) is 0 Å². The van der Waals surface area contributed by atoms with E-state index in [9.17, 15) is 13.9 Å². The third kappa shape index (κ3) is 2.99. The van der Waals surface area contributed by atoms with Crippen LogP contribution in [-0.2, 0) is 5.54 Å². The fourth-order valence-electron chi connectivity index (χ4n) is 2.01. The monoisotopic (exact) mass is 341 g/mol. The predicted molar refractivity (Wildman–Crippen MR) is 78.6 cm³/mol. The van der Waals surface area contributed by atoms with E-state index in [0.29, 0.717) is 5.69 Å². The Balaban J connectivity index is 2.41. The fourth-order valence-corrected chi connectivity index (χ4v) is 2.41. The second kappa shape index (κ2) is 5.89. The van der Waals surface area contributed by atoms with Crippen LogP contribution in [0, 0.1) is 11.6 Å². The van der Waals surface area contributed by atoms with Crippen LogP contribution < -0.4 is 5.32 Å². The SMILES string of the molecule is CC(CO)(Nc1cccc(Br)c1)c1cccc(F)c1F. The average molecular weight is 342 g/mol.